The van der Waals surface area contributed by atoms with Crippen molar-refractivity contribution in [2.24, 2.45) is 0 Å². The van der Waals surface area contributed by atoms with Crippen LogP contribution >= 0.6 is 0 Å². The van der Waals surface area contributed by atoms with E-state index in [1.54, 1.807) is 36.5 Å². The van der Waals surface area contributed by atoms with Gasteiger partial charge < -0.3 is 19.9 Å². The van der Waals surface area contributed by atoms with Crippen LogP contribution in [0.5, 0.6) is 0 Å². The van der Waals surface area contributed by atoms with Gasteiger partial charge in [-0.05, 0) is 42.9 Å². The highest BCUT2D eigenvalue weighted by Gasteiger charge is 2.17. The van der Waals surface area contributed by atoms with Crippen LogP contribution in [0.3, 0.4) is 0 Å². The van der Waals surface area contributed by atoms with E-state index in [4.69, 9.17) is 0 Å². The quantitative estimate of drug-likeness (QED) is 0.816. The molecule has 1 aromatic heterocycles. The number of aromatic nitrogens is 1. The predicted molar refractivity (Wildman–Crippen MR) is 104 cm³/mol. The average molecular weight is 368 g/mol. The number of rotatable bonds is 5. The maximum atomic E-state index is 12.4. The number of nitrogens with zero attached hydrogens (tertiary/aromatic N) is 3. The van der Waals surface area contributed by atoms with Crippen molar-refractivity contribution in [3.63, 3.8) is 0 Å². The van der Waals surface area contributed by atoms with E-state index in [9.17, 15) is 9.59 Å². The summed E-state index contributed by atoms with van der Waals surface area (Å²) in [6.45, 7) is 7.27. The molecular formula is C20H24N4O3. The summed E-state index contributed by atoms with van der Waals surface area (Å²) in [6.07, 6.45) is 1.75. The molecule has 3 rings (SSSR count). The van der Waals surface area contributed by atoms with Gasteiger partial charge in [0, 0.05) is 31.9 Å². The fraction of sp³-hybridized carbons (Fsp3) is 0.350. The SMILES string of the molecule is CCN1CCN(c2ccc(C(=O)Nc3ccc(C(=O)OC)cc3)nc2)CC1. The number of likely N-dealkylation sites (N-methyl/N-ethyl adjacent to an activating group) is 1. The first-order valence-electron chi connectivity index (χ1n) is 9.04. The average Bonchev–Trinajstić information content (AvgIpc) is 2.74. The third-order valence-electron chi connectivity index (χ3n) is 4.73. The molecule has 2 aromatic rings. The van der Waals surface area contributed by atoms with Gasteiger partial charge in [0.15, 0.2) is 0 Å². The second-order valence-electron chi connectivity index (χ2n) is 6.35. The molecule has 142 valence electrons. The zero-order valence-electron chi connectivity index (χ0n) is 15.6. The number of nitrogens with one attached hydrogen (secondary N) is 1. The summed E-state index contributed by atoms with van der Waals surface area (Å²) >= 11 is 0. The van der Waals surface area contributed by atoms with Gasteiger partial charge in [-0.1, -0.05) is 6.92 Å². The molecule has 1 fully saturated rings. The van der Waals surface area contributed by atoms with Crippen LogP contribution in [-0.2, 0) is 4.74 Å². The second-order valence-corrected chi connectivity index (χ2v) is 6.35. The van der Waals surface area contributed by atoms with Gasteiger partial charge in [-0.2, -0.15) is 0 Å². The van der Waals surface area contributed by atoms with Gasteiger partial charge in [-0.25, -0.2) is 9.78 Å². The first kappa shape index (κ1) is 18.8. The molecule has 0 atom stereocenters. The zero-order valence-corrected chi connectivity index (χ0v) is 15.6. The molecule has 1 saturated heterocycles. The second kappa shape index (κ2) is 8.64. The van der Waals surface area contributed by atoms with Gasteiger partial charge >= 0.3 is 5.97 Å². The minimum Gasteiger partial charge on any atom is -0.465 e. The van der Waals surface area contributed by atoms with Gasteiger partial charge in [0.2, 0.25) is 0 Å². The van der Waals surface area contributed by atoms with Crippen molar-refractivity contribution in [1.82, 2.24) is 9.88 Å². The lowest BCUT2D eigenvalue weighted by Crippen LogP contribution is -2.46. The van der Waals surface area contributed by atoms with Crippen molar-refractivity contribution >= 4 is 23.3 Å². The summed E-state index contributed by atoms with van der Waals surface area (Å²) < 4.78 is 4.66. The van der Waals surface area contributed by atoms with Crippen molar-refractivity contribution in [2.75, 3.05) is 50.1 Å². The van der Waals surface area contributed by atoms with Crippen LogP contribution in [0.15, 0.2) is 42.6 Å². The van der Waals surface area contributed by atoms with Crippen molar-refractivity contribution in [2.45, 2.75) is 6.92 Å². The standard InChI is InChI=1S/C20H24N4O3/c1-3-23-10-12-24(13-11-23)17-8-9-18(21-14-17)19(25)22-16-6-4-15(5-7-16)20(26)27-2/h4-9,14H,3,10-13H2,1-2H3,(H,22,25). The highest BCUT2D eigenvalue weighted by molar-refractivity contribution is 6.03. The van der Waals surface area contributed by atoms with E-state index < -0.39 is 5.97 Å². The highest BCUT2D eigenvalue weighted by atomic mass is 16.5. The number of benzene rings is 1. The molecule has 7 heteroatoms. The Balaban J connectivity index is 1.60. The number of amides is 1. The number of methoxy groups -OCH3 is 1. The van der Waals surface area contributed by atoms with Gasteiger partial charge in [0.05, 0.1) is 24.6 Å². The van der Waals surface area contributed by atoms with E-state index >= 15 is 0 Å². The Hall–Kier alpha value is -2.93. The van der Waals surface area contributed by atoms with E-state index in [0.29, 0.717) is 16.9 Å². The first-order valence-corrected chi connectivity index (χ1v) is 9.04. The molecule has 0 spiro atoms. The molecule has 1 aliphatic rings. The molecule has 27 heavy (non-hydrogen) atoms. The lowest BCUT2D eigenvalue weighted by molar-refractivity contribution is 0.0600. The minimum atomic E-state index is -0.412. The Morgan fingerprint density at radius 1 is 1.07 bits per heavy atom. The molecule has 1 N–H and O–H groups in total. The molecule has 0 bridgehead atoms. The number of ether oxygens (including phenoxy) is 1. The summed E-state index contributed by atoms with van der Waals surface area (Å²) in [4.78, 5) is 32.8. The van der Waals surface area contributed by atoms with Crippen molar-refractivity contribution in [1.29, 1.82) is 0 Å². The van der Waals surface area contributed by atoms with E-state index in [0.717, 1.165) is 38.4 Å². The molecule has 1 aliphatic heterocycles. The summed E-state index contributed by atoms with van der Waals surface area (Å²) in [7, 11) is 1.33. The smallest absolute Gasteiger partial charge is 0.337 e. The Morgan fingerprint density at radius 3 is 2.33 bits per heavy atom. The van der Waals surface area contributed by atoms with E-state index in [1.165, 1.54) is 7.11 Å². The fourth-order valence-electron chi connectivity index (χ4n) is 3.03. The van der Waals surface area contributed by atoms with Gasteiger partial charge in [0.1, 0.15) is 5.69 Å². The topological polar surface area (TPSA) is 74.8 Å². The monoisotopic (exact) mass is 368 g/mol. The van der Waals surface area contributed by atoms with Gasteiger partial charge in [0.25, 0.3) is 5.91 Å². The Morgan fingerprint density at radius 2 is 1.78 bits per heavy atom. The largest absolute Gasteiger partial charge is 0.465 e. The van der Waals surface area contributed by atoms with E-state index in [2.05, 4.69) is 31.8 Å². The van der Waals surface area contributed by atoms with Crippen LogP contribution in [-0.4, -0.2) is 61.6 Å². The summed E-state index contributed by atoms with van der Waals surface area (Å²) in [5, 5.41) is 2.78. The third kappa shape index (κ3) is 4.62. The number of pyridine rings is 1. The van der Waals surface area contributed by atoms with Crippen molar-refractivity contribution in [3.05, 3.63) is 53.9 Å². The van der Waals surface area contributed by atoms with Crippen molar-refractivity contribution < 1.29 is 14.3 Å². The van der Waals surface area contributed by atoms with Crippen LogP contribution in [0.1, 0.15) is 27.8 Å². The molecule has 0 saturated carbocycles. The Bertz CT molecular complexity index is 782. The lowest BCUT2D eigenvalue weighted by atomic mass is 10.2. The van der Waals surface area contributed by atoms with Crippen LogP contribution in [0, 0.1) is 0 Å². The van der Waals surface area contributed by atoms with Crippen LogP contribution in [0.2, 0.25) is 0 Å². The number of carbonyl (C=O) groups is 2. The zero-order chi connectivity index (χ0) is 19.2. The molecule has 7 nitrogen and oxygen atoms in total. The van der Waals surface area contributed by atoms with E-state index in [1.807, 2.05) is 6.07 Å². The molecule has 1 aromatic carbocycles. The van der Waals surface area contributed by atoms with Crippen LogP contribution in [0.25, 0.3) is 0 Å². The maximum absolute atomic E-state index is 12.4. The lowest BCUT2D eigenvalue weighted by Gasteiger charge is -2.35. The molecule has 1 amide bonds. The summed E-state index contributed by atoms with van der Waals surface area (Å²) in [6, 6.07) is 10.2. The Labute approximate surface area is 158 Å². The summed E-state index contributed by atoms with van der Waals surface area (Å²) in [5.41, 5.74) is 2.41. The molecular weight excluding hydrogens is 344 g/mol. The van der Waals surface area contributed by atoms with Crippen LogP contribution in [0.4, 0.5) is 11.4 Å². The predicted octanol–water partition coefficient (Wildman–Crippen LogP) is 2.26. The van der Waals surface area contributed by atoms with Crippen molar-refractivity contribution in [3.8, 4) is 0 Å². The number of anilines is 2. The fourth-order valence-corrected chi connectivity index (χ4v) is 3.03. The number of piperazine rings is 1. The number of hydrogen-bond donors (Lipinski definition) is 1. The highest BCUT2D eigenvalue weighted by Crippen LogP contribution is 2.17. The number of hydrogen-bond acceptors (Lipinski definition) is 6. The minimum absolute atomic E-state index is 0.289. The third-order valence-corrected chi connectivity index (χ3v) is 4.73. The Kier molecular flexibility index (Phi) is 6.03. The normalized spacial score (nSPS) is 14.7. The molecule has 0 radical (unpaired) electrons. The summed E-state index contributed by atoms with van der Waals surface area (Å²) in [5.74, 6) is -0.701. The first-order chi connectivity index (χ1) is 13.1. The molecule has 0 aliphatic carbocycles. The number of carbonyl (C=O) groups excluding carboxylic acids is 2. The van der Waals surface area contributed by atoms with Gasteiger partial charge in [-0.3, -0.25) is 4.79 Å². The van der Waals surface area contributed by atoms with Crippen LogP contribution < -0.4 is 10.2 Å². The molecule has 0 unspecified atom stereocenters. The molecule has 2 heterocycles. The van der Waals surface area contributed by atoms with E-state index in [-0.39, 0.29) is 5.91 Å². The number of esters is 1. The maximum Gasteiger partial charge on any atom is 0.337 e. The van der Waals surface area contributed by atoms with Gasteiger partial charge in [-0.15, -0.1) is 0 Å².